The molecule has 3 aromatic carbocycles. The second-order valence-electron chi connectivity index (χ2n) is 10.6. The predicted molar refractivity (Wildman–Crippen MR) is 153 cm³/mol. The number of allylic oxidation sites excluding steroid dienone is 1. The molecule has 1 heterocycles. The van der Waals surface area contributed by atoms with Crippen molar-refractivity contribution in [3.05, 3.63) is 112 Å². The SMILES string of the molecule is COc1ccc(CCN2C(=O)C(O)=C(C(=O)/C=C/c3ccccc3)C2c2ccc(C(C)(C)C)cc2)cc1OC. The first kappa shape index (κ1) is 27.7. The van der Waals surface area contributed by atoms with Crippen LogP contribution in [0.1, 0.15) is 49.1 Å². The number of carbonyl (C=O) groups excluding carboxylic acids is 2. The summed E-state index contributed by atoms with van der Waals surface area (Å²) in [5, 5.41) is 11.0. The Morgan fingerprint density at radius 2 is 1.62 bits per heavy atom. The van der Waals surface area contributed by atoms with E-state index >= 15 is 0 Å². The van der Waals surface area contributed by atoms with Gasteiger partial charge in [0.25, 0.3) is 5.91 Å². The minimum absolute atomic E-state index is 0.0494. The maximum Gasteiger partial charge on any atom is 0.290 e. The molecule has 6 nitrogen and oxygen atoms in total. The standard InChI is InChI=1S/C33H35NO5/c1-33(2,3)25-15-13-24(14-16-25)30-29(26(35)17-11-22-9-7-6-8-10-22)31(36)32(37)34(30)20-19-23-12-18-27(38-4)28(21-23)39-5/h6-18,21,30,36H,19-20H2,1-5H3/b17-11+. The van der Waals surface area contributed by atoms with Gasteiger partial charge in [-0.25, -0.2) is 0 Å². The Morgan fingerprint density at radius 1 is 0.949 bits per heavy atom. The fourth-order valence-corrected chi connectivity index (χ4v) is 4.76. The summed E-state index contributed by atoms with van der Waals surface area (Å²) in [5.41, 5.74) is 3.73. The van der Waals surface area contributed by atoms with E-state index in [0.717, 1.165) is 22.3 Å². The van der Waals surface area contributed by atoms with Crippen molar-refractivity contribution in [2.75, 3.05) is 20.8 Å². The first-order chi connectivity index (χ1) is 18.6. The number of aliphatic hydroxyl groups is 1. The van der Waals surface area contributed by atoms with Crippen LogP contribution in [-0.2, 0) is 21.4 Å². The molecule has 1 aliphatic heterocycles. The van der Waals surface area contributed by atoms with Crippen LogP contribution in [0.25, 0.3) is 6.08 Å². The summed E-state index contributed by atoms with van der Waals surface area (Å²) in [7, 11) is 3.15. The Kier molecular flexibility index (Phi) is 8.24. The average molecular weight is 526 g/mol. The van der Waals surface area contributed by atoms with Gasteiger partial charge in [-0.15, -0.1) is 0 Å². The van der Waals surface area contributed by atoms with E-state index in [0.29, 0.717) is 24.5 Å². The van der Waals surface area contributed by atoms with Crippen molar-refractivity contribution in [3.63, 3.8) is 0 Å². The number of hydrogen-bond donors (Lipinski definition) is 1. The molecule has 3 aromatic rings. The number of amides is 1. The molecule has 4 rings (SSSR count). The Hall–Kier alpha value is -4.32. The van der Waals surface area contributed by atoms with Crippen LogP contribution in [0.2, 0.25) is 0 Å². The molecule has 1 N–H and O–H groups in total. The third-order valence-corrected chi connectivity index (χ3v) is 6.98. The van der Waals surface area contributed by atoms with Gasteiger partial charge in [0.05, 0.1) is 25.8 Å². The summed E-state index contributed by atoms with van der Waals surface area (Å²) in [4.78, 5) is 28.4. The van der Waals surface area contributed by atoms with E-state index in [1.165, 1.54) is 6.08 Å². The van der Waals surface area contributed by atoms with Gasteiger partial charge in [0, 0.05) is 6.54 Å². The molecule has 0 saturated carbocycles. The van der Waals surface area contributed by atoms with Crippen LogP contribution >= 0.6 is 0 Å². The smallest absolute Gasteiger partial charge is 0.290 e. The zero-order valence-corrected chi connectivity index (χ0v) is 23.1. The van der Waals surface area contributed by atoms with Crippen LogP contribution in [0.4, 0.5) is 0 Å². The maximum absolute atomic E-state index is 13.4. The minimum atomic E-state index is -0.709. The van der Waals surface area contributed by atoms with Crippen molar-refractivity contribution >= 4 is 17.8 Å². The Balaban J connectivity index is 1.67. The van der Waals surface area contributed by atoms with Crippen molar-refractivity contribution in [1.29, 1.82) is 0 Å². The number of methoxy groups -OCH3 is 2. The highest BCUT2D eigenvalue weighted by molar-refractivity contribution is 6.14. The summed E-state index contributed by atoms with van der Waals surface area (Å²) >= 11 is 0. The summed E-state index contributed by atoms with van der Waals surface area (Å²) in [6.07, 6.45) is 3.61. The summed E-state index contributed by atoms with van der Waals surface area (Å²) in [6.45, 7) is 6.69. The molecule has 6 heteroatoms. The van der Waals surface area contributed by atoms with Crippen molar-refractivity contribution in [1.82, 2.24) is 4.90 Å². The van der Waals surface area contributed by atoms with Crippen LogP contribution in [0.3, 0.4) is 0 Å². The van der Waals surface area contributed by atoms with Gasteiger partial charge in [0.2, 0.25) is 0 Å². The highest BCUT2D eigenvalue weighted by Crippen LogP contribution is 2.39. The first-order valence-electron chi connectivity index (χ1n) is 13.0. The lowest BCUT2D eigenvalue weighted by Gasteiger charge is -2.28. The molecule has 1 unspecified atom stereocenters. The topological polar surface area (TPSA) is 76.1 Å². The quantitative estimate of drug-likeness (QED) is 0.336. The number of aliphatic hydroxyl groups excluding tert-OH is 1. The average Bonchev–Trinajstić information content (AvgIpc) is 3.19. The molecular weight excluding hydrogens is 490 g/mol. The maximum atomic E-state index is 13.4. The summed E-state index contributed by atoms with van der Waals surface area (Å²) in [5.74, 6) is -0.248. The van der Waals surface area contributed by atoms with Gasteiger partial charge in [-0.05, 0) is 52.3 Å². The van der Waals surface area contributed by atoms with Crippen molar-refractivity contribution in [3.8, 4) is 11.5 Å². The lowest BCUT2D eigenvalue weighted by atomic mass is 9.85. The van der Waals surface area contributed by atoms with Crippen LogP contribution < -0.4 is 9.47 Å². The van der Waals surface area contributed by atoms with Gasteiger partial charge < -0.3 is 19.5 Å². The number of ketones is 1. The highest BCUT2D eigenvalue weighted by Gasteiger charge is 2.42. The van der Waals surface area contributed by atoms with E-state index in [-0.39, 0.29) is 11.0 Å². The third kappa shape index (κ3) is 6.06. The van der Waals surface area contributed by atoms with Crippen LogP contribution in [0.5, 0.6) is 11.5 Å². The molecule has 0 saturated heterocycles. The first-order valence-corrected chi connectivity index (χ1v) is 13.0. The van der Waals surface area contributed by atoms with E-state index in [1.54, 1.807) is 25.2 Å². The van der Waals surface area contributed by atoms with E-state index in [1.807, 2.05) is 72.8 Å². The van der Waals surface area contributed by atoms with Crippen LogP contribution in [0.15, 0.2) is 90.2 Å². The molecule has 0 aliphatic carbocycles. The molecule has 0 bridgehead atoms. The second-order valence-corrected chi connectivity index (χ2v) is 10.6. The van der Waals surface area contributed by atoms with Crippen LogP contribution in [0, 0.1) is 0 Å². The largest absolute Gasteiger partial charge is 0.503 e. The molecule has 39 heavy (non-hydrogen) atoms. The zero-order chi connectivity index (χ0) is 28.2. The fraction of sp³-hybridized carbons (Fsp3) is 0.273. The minimum Gasteiger partial charge on any atom is -0.503 e. The number of nitrogens with zero attached hydrogens (tertiary/aromatic N) is 1. The van der Waals surface area contributed by atoms with E-state index in [9.17, 15) is 14.7 Å². The lowest BCUT2D eigenvalue weighted by Crippen LogP contribution is -2.33. The third-order valence-electron chi connectivity index (χ3n) is 6.98. The predicted octanol–water partition coefficient (Wildman–Crippen LogP) is 6.22. The van der Waals surface area contributed by atoms with Gasteiger partial charge >= 0.3 is 0 Å². The number of carbonyl (C=O) groups is 2. The van der Waals surface area contributed by atoms with Gasteiger partial charge in [-0.2, -0.15) is 0 Å². The monoisotopic (exact) mass is 525 g/mol. The van der Waals surface area contributed by atoms with Crippen LogP contribution in [-0.4, -0.2) is 42.5 Å². The molecular formula is C33H35NO5. The number of benzene rings is 3. The van der Waals surface area contributed by atoms with E-state index in [4.69, 9.17) is 9.47 Å². The Bertz CT molecular complexity index is 1400. The Morgan fingerprint density at radius 3 is 2.23 bits per heavy atom. The van der Waals surface area contributed by atoms with E-state index < -0.39 is 23.5 Å². The molecule has 0 aromatic heterocycles. The molecule has 202 valence electrons. The summed E-state index contributed by atoms with van der Waals surface area (Å²) < 4.78 is 10.8. The second kappa shape index (κ2) is 11.6. The van der Waals surface area contributed by atoms with Crippen molar-refractivity contribution in [2.24, 2.45) is 0 Å². The fourth-order valence-electron chi connectivity index (χ4n) is 4.76. The number of hydrogen-bond acceptors (Lipinski definition) is 5. The summed E-state index contributed by atoms with van der Waals surface area (Å²) in [6, 6.07) is 22.2. The van der Waals surface area contributed by atoms with E-state index in [2.05, 4.69) is 20.8 Å². The van der Waals surface area contributed by atoms with Gasteiger partial charge in [0.15, 0.2) is 23.0 Å². The molecule has 0 fully saturated rings. The van der Waals surface area contributed by atoms with Gasteiger partial charge in [-0.3, -0.25) is 9.59 Å². The van der Waals surface area contributed by atoms with Crippen molar-refractivity contribution < 1.29 is 24.2 Å². The lowest BCUT2D eigenvalue weighted by molar-refractivity contribution is -0.129. The van der Waals surface area contributed by atoms with Gasteiger partial charge in [0.1, 0.15) is 0 Å². The van der Waals surface area contributed by atoms with Crippen molar-refractivity contribution in [2.45, 2.75) is 38.6 Å². The Labute approximate surface area is 230 Å². The normalized spacial score (nSPS) is 15.8. The zero-order valence-electron chi connectivity index (χ0n) is 23.1. The molecule has 1 atom stereocenters. The molecule has 0 radical (unpaired) electrons. The molecule has 1 aliphatic rings. The molecule has 0 spiro atoms. The van der Waals surface area contributed by atoms with Gasteiger partial charge in [-0.1, -0.05) is 87.5 Å². The number of ether oxygens (including phenoxy) is 2. The highest BCUT2D eigenvalue weighted by atomic mass is 16.5. The number of rotatable bonds is 9. The molecule has 1 amide bonds.